The molecule has 0 saturated carbocycles. The molecule has 0 N–H and O–H groups in total. The number of imidazole rings is 1. The van der Waals surface area contributed by atoms with E-state index in [1.165, 1.54) is 6.07 Å². The molecule has 0 aromatic carbocycles. The third-order valence-corrected chi connectivity index (χ3v) is 2.37. The molecule has 82 valence electrons. The molecule has 0 radical (unpaired) electrons. The van der Waals surface area contributed by atoms with Gasteiger partial charge in [0.25, 0.3) is 0 Å². The summed E-state index contributed by atoms with van der Waals surface area (Å²) < 4.78 is 1.59. The van der Waals surface area contributed by atoms with Crippen molar-refractivity contribution in [3.05, 3.63) is 39.8 Å². The van der Waals surface area contributed by atoms with Crippen molar-refractivity contribution in [2.24, 2.45) is 0 Å². The van der Waals surface area contributed by atoms with Crippen molar-refractivity contribution in [2.75, 3.05) is 0 Å². The van der Waals surface area contributed by atoms with Crippen LogP contribution in [0.2, 0.25) is 0 Å². The Morgan fingerprint density at radius 2 is 2.38 bits per heavy atom. The molecule has 2 aromatic heterocycles. The number of aldehydes is 1. The Morgan fingerprint density at radius 1 is 1.62 bits per heavy atom. The zero-order valence-corrected chi connectivity index (χ0v) is 8.58. The highest BCUT2D eigenvalue weighted by molar-refractivity contribution is 5.89. The van der Waals surface area contributed by atoms with Gasteiger partial charge < -0.3 is 10.1 Å². The lowest BCUT2D eigenvalue weighted by atomic mass is 10.2. The van der Waals surface area contributed by atoms with E-state index in [9.17, 15) is 14.9 Å². The number of pyridine rings is 1. The Hall–Kier alpha value is -2.24. The van der Waals surface area contributed by atoms with Crippen LogP contribution in [-0.2, 0) is 6.42 Å². The Balaban J connectivity index is 2.90. The van der Waals surface area contributed by atoms with Gasteiger partial charge in [-0.25, -0.2) is 0 Å². The molecule has 2 rings (SSSR count). The molecule has 16 heavy (non-hydrogen) atoms. The molecule has 0 fully saturated rings. The second-order valence-electron chi connectivity index (χ2n) is 3.26. The zero-order chi connectivity index (χ0) is 11.7. The second kappa shape index (κ2) is 3.73. The fraction of sp³-hybridized carbons (Fsp3) is 0.200. The standard InChI is InChI=1S/C10H9N3O3/c1-2-8-11-10(13(15)16)9-7(6-14)4-3-5-12(8)9/h3-6H,2H2,1H3. The molecule has 6 heteroatoms. The van der Waals surface area contributed by atoms with Crippen LogP contribution in [0.15, 0.2) is 18.3 Å². The number of carbonyl (C=O) groups is 1. The first-order valence-corrected chi connectivity index (χ1v) is 4.78. The van der Waals surface area contributed by atoms with Crippen LogP contribution in [0.3, 0.4) is 0 Å². The molecule has 2 heterocycles. The first-order chi connectivity index (χ1) is 7.69. The van der Waals surface area contributed by atoms with E-state index in [0.717, 1.165) is 0 Å². The maximum absolute atomic E-state index is 10.8. The smallest absolute Gasteiger partial charge is 0.358 e. The number of nitro groups is 1. The molecule has 0 aliphatic heterocycles. The maximum Gasteiger partial charge on any atom is 0.390 e. The summed E-state index contributed by atoms with van der Waals surface area (Å²) in [4.78, 5) is 25.0. The first-order valence-electron chi connectivity index (χ1n) is 4.78. The van der Waals surface area contributed by atoms with Gasteiger partial charge in [0.2, 0.25) is 5.82 Å². The molecule has 0 unspecified atom stereocenters. The fourth-order valence-corrected chi connectivity index (χ4v) is 1.68. The number of rotatable bonds is 3. The lowest BCUT2D eigenvalue weighted by molar-refractivity contribution is -0.387. The lowest BCUT2D eigenvalue weighted by Gasteiger charge is -1.96. The van der Waals surface area contributed by atoms with Crippen molar-refractivity contribution >= 4 is 17.6 Å². The van der Waals surface area contributed by atoms with Gasteiger partial charge in [0.1, 0.15) is 0 Å². The van der Waals surface area contributed by atoms with Gasteiger partial charge in [-0.1, -0.05) is 6.92 Å². The summed E-state index contributed by atoms with van der Waals surface area (Å²) in [6.45, 7) is 1.85. The summed E-state index contributed by atoms with van der Waals surface area (Å²) in [5.41, 5.74) is 0.542. The van der Waals surface area contributed by atoms with Crippen LogP contribution in [-0.4, -0.2) is 20.6 Å². The maximum atomic E-state index is 10.8. The summed E-state index contributed by atoms with van der Waals surface area (Å²) in [7, 11) is 0. The van der Waals surface area contributed by atoms with Gasteiger partial charge in [-0.05, 0) is 22.0 Å². The van der Waals surface area contributed by atoms with E-state index in [0.29, 0.717) is 18.5 Å². The largest absolute Gasteiger partial charge is 0.390 e. The minimum atomic E-state index is -0.568. The predicted molar refractivity (Wildman–Crippen MR) is 56.6 cm³/mol. The van der Waals surface area contributed by atoms with Crippen LogP contribution in [0.4, 0.5) is 5.82 Å². The summed E-state index contributed by atoms with van der Waals surface area (Å²) in [6.07, 6.45) is 2.84. The minimum absolute atomic E-state index is 0.263. The summed E-state index contributed by atoms with van der Waals surface area (Å²) in [6, 6.07) is 3.21. The molecular weight excluding hydrogens is 210 g/mol. The number of carbonyl (C=O) groups excluding carboxylic acids is 1. The molecule has 0 bridgehead atoms. The van der Waals surface area contributed by atoms with E-state index >= 15 is 0 Å². The van der Waals surface area contributed by atoms with Crippen molar-refractivity contribution in [3.63, 3.8) is 0 Å². The van der Waals surface area contributed by atoms with Gasteiger partial charge in [-0.2, -0.15) is 0 Å². The van der Waals surface area contributed by atoms with E-state index in [1.54, 1.807) is 16.7 Å². The number of hydrogen-bond acceptors (Lipinski definition) is 4. The van der Waals surface area contributed by atoms with Gasteiger partial charge in [0.05, 0.1) is 0 Å². The summed E-state index contributed by atoms with van der Waals surface area (Å²) in [5, 5.41) is 10.8. The second-order valence-corrected chi connectivity index (χ2v) is 3.26. The van der Waals surface area contributed by atoms with Crippen molar-refractivity contribution in [1.29, 1.82) is 0 Å². The Labute approximate surface area is 90.7 Å². The lowest BCUT2D eigenvalue weighted by Crippen LogP contribution is -1.94. The van der Waals surface area contributed by atoms with E-state index in [2.05, 4.69) is 4.98 Å². The number of nitrogens with zero attached hydrogens (tertiary/aromatic N) is 3. The van der Waals surface area contributed by atoms with Crippen molar-refractivity contribution < 1.29 is 9.72 Å². The van der Waals surface area contributed by atoms with E-state index in [1.807, 2.05) is 6.92 Å². The van der Waals surface area contributed by atoms with Gasteiger partial charge in [0, 0.05) is 18.2 Å². The van der Waals surface area contributed by atoms with Crippen LogP contribution in [0.5, 0.6) is 0 Å². The van der Waals surface area contributed by atoms with Gasteiger partial charge in [0.15, 0.2) is 11.8 Å². The Kier molecular flexibility index (Phi) is 2.40. The monoisotopic (exact) mass is 219 g/mol. The van der Waals surface area contributed by atoms with Crippen molar-refractivity contribution in [2.45, 2.75) is 13.3 Å². The average Bonchev–Trinajstić information content (AvgIpc) is 2.67. The highest BCUT2D eigenvalue weighted by Crippen LogP contribution is 2.23. The van der Waals surface area contributed by atoms with Gasteiger partial charge in [-0.3, -0.25) is 9.20 Å². The van der Waals surface area contributed by atoms with E-state index in [-0.39, 0.29) is 16.9 Å². The Morgan fingerprint density at radius 3 is 2.94 bits per heavy atom. The molecule has 0 amide bonds. The predicted octanol–water partition coefficient (Wildman–Crippen LogP) is 1.62. The molecule has 6 nitrogen and oxygen atoms in total. The highest BCUT2D eigenvalue weighted by Gasteiger charge is 2.23. The normalized spacial score (nSPS) is 10.6. The van der Waals surface area contributed by atoms with Crippen LogP contribution in [0.25, 0.3) is 5.52 Å². The quantitative estimate of drug-likeness (QED) is 0.446. The zero-order valence-electron chi connectivity index (χ0n) is 8.58. The number of aromatic nitrogens is 2. The SMILES string of the molecule is CCc1nc([N+](=O)[O-])c2c(C=O)cccn12. The third-order valence-electron chi connectivity index (χ3n) is 2.37. The molecule has 0 spiro atoms. The first kappa shape index (κ1) is 10.3. The van der Waals surface area contributed by atoms with Crippen LogP contribution in [0, 0.1) is 10.1 Å². The summed E-state index contributed by atoms with van der Waals surface area (Å²) >= 11 is 0. The van der Waals surface area contributed by atoms with Gasteiger partial charge in [-0.15, -0.1) is 0 Å². The topological polar surface area (TPSA) is 77.5 Å². The van der Waals surface area contributed by atoms with E-state index < -0.39 is 4.92 Å². The molecule has 2 aromatic rings. The molecule has 0 aliphatic carbocycles. The molecular formula is C10H9N3O3. The average molecular weight is 219 g/mol. The number of hydrogen-bond donors (Lipinski definition) is 0. The third kappa shape index (κ3) is 1.35. The van der Waals surface area contributed by atoms with Crippen LogP contribution < -0.4 is 0 Å². The van der Waals surface area contributed by atoms with Gasteiger partial charge >= 0.3 is 5.82 Å². The van der Waals surface area contributed by atoms with Crippen LogP contribution >= 0.6 is 0 Å². The highest BCUT2D eigenvalue weighted by atomic mass is 16.6. The Bertz CT molecular complexity index is 574. The number of aryl methyl sites for hydroxylation is 1. The minimum Gasteiger partial charge on any atom is -0.358 e. The van der Waals surface area contributed by atoms with E-state index in [4.69, 9.17) is 0 Å². The molecule has 0 atom stereocenters. The molecule has 0 aliphatic rings. The molecule has 0 saturated heterocycles. The number of fused-ring (bicyclic) bond motifs is 1. The fourth-order valence-electron chi connectivity index (χ4n) is 1.68. The van der Waals surface area contributed by atoms with Crippen molar-refractivity contribution in [1.82, 2.24) is 9.38 Å². The summed E-state index contributed by atoms with van der Waals surface area (Å²) in [5.74, 6) is 0.310. The van der Waals surface area contributed by atoms with Crippen LogP contribution in [0.1, 0.15) is 23.1 Å². The van der Waals surface area contributed by atoms with Crippen molar-refractivity contribution in [3.8, 4) is 0 Å².